The van der Waals surface area contributed by atoms with Gasteiger partial charge in [0.15, 0.2) is 6.29 Å². The molecule has 0 saturated heterocycles. The van der Waals surface area contributed by atoms with Crippen LogP contribution in [0, 0.1) is 0 Å². The number of nitrogens with zero attached hydrogens (tertiary/aromatic N) is 2. The van der Waals surface area contributed by atoms with Gasteiger partial charge in [0, 0.05) is 11.6 Å². The summed E-state index contributed by atoms with van der Waals surface area (Å²) in [5, 5.41) is 0.956. The number of carbonyl (C=O) groups is 1. The molecule has 0 radical (unpaired) electrons. The molecule has 0 unspecified atom stereocenters. The Balaban J connectivity index is 2.90. The number of hydrogen-bond donors (Lipinski definition) is 1. The van der Waals surface area contributed by atoms with E-state index in [1.54, 1.807) is 6.20 Å². The smallest absolute Gasteiger partial charge is 0.153 e. The Morgan fingerprint density at radius 1 is 1.58 bits per heavy atom. The third kappa shape index (κ3) is 0.887. The Kier molecular flexibility index (Phi) is 1.55. The Morgan fingerprint density at radius 2 is 2.42 bits per heavy atom. The number of aromatic nitrogens is 3. The molecule has 4 nitrogen and oxygen atoms in total. The van der Waals surface area contributed by atoms with Crippen LogP contribution >= 0.6 is 11.6 Å². The van der Waals surface area contributed by atoms with Crippen molar-refractivity contribution in [2.75, 3.05) is 0 Å². The molecule has 2 aromatic rings. The molecule has 0 bridgehead atoms. The number of H-pyrrole nitrogens is 1. The van der Waals surface area contributed by atoms with Crippen molar-refractivity contribution in [3.63, 3.8) is 0 Å². The topological polar surface area (TPSA) is 58.6 Å². The molecule has 0 fully saturated rings. The van der Waals surface area contributed by atoms with Gasteiger partial charge >= 0.3 is 0 Å². The van der Waals surface area contributed by atoms with Gasteiger partial charge in [0.1, 0.15) is 17.1 Å². The number of hydrogen-bond acceptors (Lipinski definition) is 3. The quantitative estimate of drug-likeness (QED) is 0.677. The third-order valence-corrected chi connectivity index (χ3v) is 1.88. The summed E-state index contributed by atoms with van der Waals surface area (Å²) in [6.07, 6.45) is 3.63. The zero-order valence-electron chi connectivity index (χ0n) is 5.91. The SMILES string of the molecule is O=Cc1c(Cl)[nH]c2ncncc12. The largest absolute Gasteiger partial charge is 0.330 e. The highest BCUT2D eigenvalue weighted by Gasteiger charge is 2.08. The van der Waals surface area contributed by atoms with E-state index < -0.39 is 0 Å². The highest BCUT2D eigenvalue weighted by atomic mass is 35.5. The highest BCUT2D eigenvalue weighted by molar-refractivity contribution is 6.33. The zero-order valence-corrected chi connectivity index (χ0v) is 6.67. The molecule has 5 heteroatoms. The van der Waals surface area contributed by atoms with E-state index in [1.165, 1.54) is 6.33 Å². The molecule has 2 rings (SSSR count). The Bertz CT molecular complexity index is 437. The second-order valence-corrected chi connectivity index (χ2v) is 2.63. The standard InChI is InChI=1S/C7H4ClN3O/c8-6-5(2-12)4-1-9-3-10-7(4)11-6/h1-3H,(H,9,10,11). The van der Waals surface area contributed by atoms with Crippen molar-refractivity contribution in [1.82, 2.24) is 15.0 Å². The van der Waals surface area contributed by atoms with Gasteiger partial charge in [-0.3, -0.25) is 4.79 Å². The first-order chi connectivity index (χ1) is 5.83. The van der Waals surface area contributed by atoms with Crippen LogP contribution in [-0.4, -0.2) is 21.2 Å². The van der Waals surface area contributed by atoms with Crippen LogP contribution < -0.4 is 0 Å². The normalized spacial score (nSPS) is 10.4. The lowest BCUT2D eigenvalue weighted by Gasteiger charge is -1.85. The van der Waals surface area contributed by atoms with Gasteiger partial charge in [0.05, 0.1) is 5.56 Å². The molecule has 2 heterocycles. The summed E-state index contributed by atoms with van der Waals surface area (Å²) < 4.78 is 0. The van der Waals surface area contributed by atoms with Crippen LogP contribution in [0.25, 0.3) is 11.0 Å². The lowest BCUT2D eigenvalue weighted by molar-refractivity contribution is 0.112. The second kappa shape index (κ2) is 2.57. The van der Waals surface area contributed by atoms with Gasteiger partial charge in [-0.2, -0.15) is 0 Å². The molecule has 12 heavy (non-hydrogen) atoms. The average molecular weight is 182 g/mol. The van der Waals surface area contributed by atoms with E-state index >= 15 is 0 Å². The summed E-state index contributed by atoms with van der Waals surface area (Å²) in [7, 11) is 0. The maximum absolute atomic E-state index is 10.5. The van der Waals surface area contributed by atoms with E-state index in [0.717, 1.165) is 0 Å². The van der Waals surface area contributed by atoms with Crippen LogP contribution in [0.2, 0.25) is 5.15 Å². The van der Waals surface area contributed by atoms with Gasteiger partial charge < -0.3 is 4.98 Å². The van der Waals surface area contributed by atoms with Crippen molar-refractivity contribution in [1.29, 1.82) is 0 Å². The summed E-state index contributed by atoms with van der Waals surface area (Å²) in [6, 6.07) is 0. The van der Waals surface area contributed by atoms with Crippen LogP contribution in [0.3, 0.4) is 0 Å². The zero-order chi connectivity index (χ0) is 8.55. The molecule has 0 saturated carbocycles. The summed E-state index contributed by atoms with van der Waals surface area (Å²) in [4.78, 5) is 21.0. The maximum Gasteiger partial charge on any atom is 0.153 e. The molecule has 0 aliphatic heterocycles. The number of fused-ring (bicyclic) bond motifs is 1. The summed E-state index contributed by atoms with van der Waals surface area (Å²) in [5.74, 6) is 0. The fraction of sp³-hybridized carbons (Fsp3) is 0. The number of nitrogens with one attached hydrogen (secondary N) is 1. The Hall–Kier alpha value is -1.42. The minimum Gasteiger partial charge on any atom is -0.330 e. The van der Waals surface area contributed by atoms with E-state index in [2.05, 4.69) is 15.0 Å². The molecule has 60 valence electrons. The molecule has 2 aromatic heterocycles. The second-order valence-electron chi connectivity index (χ2n) is 2.26. The number of aromatic amines is 1. The van der Waals surface area contributed by atoms with Crippen molar-refractivity contribution in [3.8, 4) is 0 Å². The van der Waals surface area contributed by atoms with Gasteiger partial charge in [0.2, 0.25) is 0 Å². The minimum absolute atomic E-state index is 0.306. The summed E-state index contributed by atoms with van der Waals surface area (Å²) in [5.41, 5.74) is 0.990. The van der Waals surface area contributed by atoms with Crippen LogP contribution in [0.4, 0.5) is 0 Å². The lowest BCUT2D eigenvalue weighted by atomic mass is 10.3. The summed E-state index contributed by atoms with van der Waals surface area (Å²) in [6.45, 7) is 0. The molecule has 0 aliphatic carbocycles. The summed E-state index contributed by atoms with van der Waals surface area (Å²) >= 11 is 5.71. The van der Waals surface area contributed by atoms with Gasteiger partial charge in [-0.05, 0) is 0 Å². The molecule has 1 N–H and O–H groups in total. The predicted octanol–water partition coefficient (Wildman–Crippen LogP) is 1.42. The van der Waals surface area contributed by atoms with Crippen LogP contribution in [0.5, 0.6) is 0 Å². The molecule has 0 aliphatic rings. The van der Waals surface area contributed by atoms with E-state index in [4.69, 9.17) is 11.6 Å². The van der Waals surface area contributed by atoms with Crippen LogP contribution in [0.15, 0.2) is 12.5 Å². The fourth-order valence-corrected chi connectivity index (χ4v) is 1.27. The molecular weight excluding hydrogens is 178 g/mol. The molecule has 0 aromatic carbocycles. The number of aldehydes is 1. The monoisotopic (exact) mass is 181 g/mol. The van der Waals surface area contributed by atoms with Crippen molar-refractivity contribution in [3.05, 3.63) is 23.2 Å². The lowest BCUT2D eigenvalue weighted by Crippen LogP contribution is -1.79. The predicted molar refractivity (Wildman–Crippen MR) is 44.3 cm³/mol. The van der Waals surface area contributed by atoms with E-state index in [9.17, 15) is 4.79 Å². The number of rotatable bonds is 1. The first-order valence-corrected chi connectivity index (χ1v) is 3.63. The first-order valence-electron chi connectivity index (χ1n) is 3.25. The average Bonchev–Trinajstić information content (AvgIpc) is 2.40. The van der Waals surface area contributed by atoms with E-state index in [0.29, 0.717) is 28.0 Å². The molecule has 0 spiro atoms. The number of carbonyl (C=O) groups excluding carboxylic acids is 1. The van der Waals surface area contributed by atoms with Crippen molar-refractivity contribution < 1.29 is 4.79 Å². The first kappa shape index (κ1) is 7.24. The van der Waals surface area contributed by atoms with Crippen molar-refractivity contribution in [2.45, 2.75) is 0 Å². The third-order valence-electron chi connectivity index (χ3n) is 1.58. The van der Waals surface area contributed by atoms with E-state index in [-0.39, 0.29) is 0 Å². The van der Waals surface area contributed by atoms with Gasteiger partial charge in [-0.25, -0.2) is 9.97 Å². The fourth-order valence-electron chi connectivity index (χ4n) is 1.03. The van der Waals surface area contributed by atoms with Crippen molar-refractivity contribution in [2.24, 2.45) is 0 Å². The van der Waals surface area contributed by atoms with E-state index in [1.807, 2.05) is 0 Å². The van der Waals surface area contributed by atoms with Gasteiger partial charge in [-0.1, -0.05) is 11.6 Å². The molecular formula is C7H4ClN3O. The van der Waals surface area contributed by atoms with Crippen molar-refractivity contribution >= 4 is 28.9 Å². The Labute approximate surface area is 72.6 Å². The maximum atomic E-state index is 10.5. The van der Waals surface area contributed by atoms with Crippen LogP contribution in [-0.2, 0) is 0 Å². The van der Waals surface area contributed by atoms with Gasteiger partial charge in [-0.15, -0.1) is 0 Å². The molecule has 0 atom stereocenters. The molecule has 0 amide bonds. The highest BCUT2D eigenvalue weighted by Crippen LogP contribution is 2.21. The Morgan fingerprint density at radius 3 is 3.17 bits per heavy atom. The number of halogens is 1. The minimum atomic E-state index is 0.306. The van der Waals surface area contributed by atoms with Crippen LogP contribution in [0.1, 0.15) is 10.4 Å². The van der Waals surface area contributed by atoms with Gasteiger partial charge in [0.25, 0.3) is 0 Å².